The largest absolute Gasteiger partial charge is 0.508 e. The van der Waals surface area contributed by atoms with E-state index in [0.717, 1.165) is 0 Å². The maximum Gasteiger partial charge on any atom is 0.508 e. The Balaban J connectivity index is 3.57. The van der Waals surface area contributed by atoms with E-state index in [4.69, 9.17) is 9.47 Å². The van der Waals surface area contributed by atoms with Gasteiger partial charge >= 0.3 is 6.16 Å². The summed E-state index contributed by atoms with van der Waals surface area (Å²) in [5, 5.41) is 0. The molecule has 2 unspecified atom stereocenters. The quantitative estimate of drug-likeness (QED) is 0.299. The van der Waals surface area contributed by atoms with Gasteiger partial charge in [0.05, 0.1) is 13.2 Å². The molecule has 0 aliphatic rings. The van der Waals surface area contributed by atoms with Crippen LogP contribution >= 0.6 is 0 Å². The number of carbonyl (C=O) groups excluding carboxylic acids is 1. The van der Waals surface area contributed by atoms with E-state index in [2.05, 4.69) is 20.8 Å². The van der Waals surface area contributed by atoms with Gasteiger partial charge in [0, 0.05) is 0 Å². The molecule has 0 aliphatic carbocycles. The summed E-state index contributed by atoms with van der Waals surface area (Å²) in [7, 11) is 0. The van der Waals surface area contributed by atoms with Gasteiger partial charge < -0.3 is 9.47 Å². The molecular formula is C19H38O3. The van der Waals surface area contributed by atoms with E-state index >= 15 is 0 Å². The van der Waals surface area contributed by atoms with Gasteiger partial charge in [0.15, 0.2) is 0 Å². The minimum Gasteiger partial charge on any atom is -0.434 e. The monoisotopic (exact) mass is 314 g/mol. The lowest BCUT2D eigenvalue weighted by Crippen LogP contribution is -2.19. The number of carbonyl (C=O) groups is 1. The van der Waals surface area contributed by atoms with Gasteiger partial charge in [-0.25, -0.2) is 4.79 Å². The van der Waals surface area contributed by atoms with Crippen molar-refractivity contribution >= 4 is 6.16 Å². The predicted molar refractivity (Wildman–Crippen MR) is 93.1 cm³/mol. The fourth-order valence-corrected chi connectivity index (χ4v) is 2.35. The number of rotatable bonds is 13. The zero-order valence-electron chi connectivity index (χ0n) is 15.5. The van der Waals surface area contributed by atoms with Crippen LogP contribution in [0, 0.1) is 17.8 Å². The number of hydrogen-bond acceptors (Lipinski definition) is 3. The Labute approximate surface area is 138 Å². The van der Waals surface area contributed by atoms with Gasteiger partial charge in [-0.15, -0.1) is 0 Å². The Kier molecular flexibility index (Phi) is 13.4. The van der Waals surface area contributed by atoms with Gasteiger partial charge in [0.2, 0.25) is 0 Å². The number of hydrogen-bond donors (Lipinski definition) is 0. The van der Waals surface area contributed by atoms with Crippen LogP contribution in [0.4, 0.5) is 4.79 Å². The summed E-state index contributed by atoms with van der Waals surface area (Å²) in [5.41, 5.74) is 0. The third-order valence-corrected chi connectivity index (χ3v) is 4.23. The molecule has 0 rings (SSSR count). The lowest BCUT2D eigenvalue weighted by molar-refractivity contribution is 0.0331. The Morgan fingerprint density at radius 3 is 1.91 bits per heavy atom. The van der Waals surface area contributed by atoms with Gasteiger partial charge in [0.25, 0.3) is 0 Å². The predicted octanol–water partition coefficient (Wildman–Crippen LogP) is 6.21. The van der Waals surface area contributed by atoms with Crippen molar-refractivity contribution in [3.8, 4) is 0 Å². The first kappa shape index (κ1) is 21.3. The SMILES string of the molecule is CCCCCCCCCC(C)C(C)COC(=O)OCC(C)C. The van der Waals surface area contributed by atoms with Gasteiger partial charge in [-0.3, -0.25) is 0 Å². The van der Waals surface area contributed by atoms with Crippen molar-refractivity contribution in [1.29, 1.82) is 0 Å². The topological polar surface area (TPSA) is 35.5 Å². The van der Waals surface area contributed by atoms with Gasteiger partial charge in [0.1, 0.15) is 0 Å². The molecule has 2 atom stereocenters. The molecule has 0 saturated heterocycles. The molecule has 0 radical (unpaired) electrons. The first-order chi connectivity index (χ1) is 10.5. The molecule has 3 nitrogen and oxygen atoms in total. The van der Waals surface area contributed by atoms with Crippen LogP contribution in [0.15, 0.2) is 0 Å². The molecule has 0 aromatic heterocycles. The lowest BCUT2D eigenvalue weighted by Gasteiger charge is -2.19. The van der Waals surface area contributed by atoms with Crippen LogP contribution in [0.1, 0.15) is 86.0 Å². The third-order valence-electron chi connectivity index (χ3n) is 4.23. The van der Waals surface area contributed by atoms with Crippen molar-refractivity contribution in [2.45, 2.75) is 86.0 Å². The summed E-state index contributed by atoms with van der Waals surface area (Å²) in [6, 6.07) is 0. The fraction of sp³-hybridized carbons (Fsp3) is 0.947. The standard InChI is InChI=1S/C19H38O3/c1-6-7-8-9-10-11-12-13-17(4)18(5)15-22-19(20)21-14-16(2)3/h16-18H,6-15H2,1-5H3. The molecule has 0 spiro atoms. The zero-order valence-corrected chi connectivity index (χ0v) is 15.5. The normalized spacial score (nSPS) is 13.9. The third kappa shape index (κ3) is 13.0. The van der Waals surface area contributed by atoms with Gasteiger partial charge in [-0.2, -0.15) is 0 Å². The smallest absolute Gasteiger partial charge is 0.434 e. The Morgan fingerprint density at radius 2 is 1.32 bits per heavy atom. The van der Waals surface area contributed by atoms with Crippen LogP contribution in [-0.4, -0.2) is 19.4 Å². The summed E-state index contributed by atoms with van der Waals surface area (Å²) in [5.74, 6) is 1.33. The van der Waals surface area contributed by atoms with Crippen LogP contribution in [0.5, 0.6) is 0 Å². The molecule has 0 bridgehead atoms. The van der Waals surface area contributed by atoms with Gasteiger partial charge in [-0.1, -0.05) is 86.0 Å². The van der Waals surface area contributed by atoms with E-state index in [9.17, 15) is 4.79 Å². The Hall–Kier alpha value is -0.730. The molecule has 3 heteroatoms. The molecule has 0 aliphatic heterocycles. The van der Waals surface area contributed by atoms with Crippen molar-refractivity contribution in [3.63, 3.8) is 0 Å². The second kappa shape index (κ2) is 13.9. The summed E-state index contributed by atoms with van der Waals surface area (Å²) >= 11 is 0. The number of ether oxygens (including phenoxy) is 2. The van der Waals surface area contributed by atoms with Crippen molar-refractivity contribution in [2.75, 3.05) is 13.2 Å². The highest BCUT2D eigenvalue weighted by atomic mass is 16.7. The van der Waals surface area contributed by atoms with Crippen LogP contribution < -0.4 is 0 Å². The second-order valence-corrected chi connectivity index (χ2v) is 7.13. The second-order valence-electron chi connectivity index (χ2n) is 7.13. The van der Waals surface area contributed by atoms with E-state index < -0.39 is 6.16 Å². The van der Waals surface area contributed by atoms with E-state index in [1.54, 1.807) is 0 Å². The fourth-order valence-electron chi connectivity index (χ4n) is 2.35. The van der Waals surface area contributed by atoms with E-state index in [0.29, 0.717) is 31.0 Å². The van der Waals surface area contributed by atoms with E-state index in [1.807, 2.05) is 13.8 Å². The van der Waals surface area contributed by atoms with Crippen molar-refractivity contribution in [3.05, 3.63) is 0 Å². The van der Waals surface area contributed by atoms with Crippen LogP contribution in [0.25, 0.3) is 0 Å². The van der Waals surface area contributed by atoms with E-state index in [1.165, 1.54) is 51.4 Å². The summed E-state index contributed by atoms with van der Waals surface area (Å²) < 4.78 is 10.2. The molecular weight excluding hydrogens is 276 g/mol. The first-order valence-corrected chi connectivity index (χ1v) is 9.26. The zero-order chi connectivity index (χ0) is 16.8. The molecule has 0 heterocycles. The molecule has 0 saturated carbocycles. The minimum absolute atomic E-state index is 0.348. The minimum atomic E-state index is -0.524. The van der Waals surface area contributed by atoms with E-state index in [-0.39, 0.29) is 0 Å². The number of unbranched alkanes of at least 4 members (excludes halogenated alkanes) is 6. The molecule has 0 fully saturated rings. The maximum atomic E-state index is 11.4. The molecule has 0 aromatic rings. The molecule has 0 N–H and O–H groups in total. The molecule has 22 heavy (non-hydrogen) atoms. The summed E-state index contributed by atoms with van der Waals surface area (Å²) in [6.07, 6.45) is 10.1. The van der Waals surface area contributed by atoms with Crippen LogP contribution in [-0.2, 0) is 9.47 Å². The van der Waals surface area contributed by atoms with Crippen molar-refractivity contribution < 1.29 is 14.3 Å². The van der Waals surface area contributed by atoms with Crippen LogP contribution in [0.3, 0.4) is 0 Å². The van der Waals surface area contributed by atoms with Crippen LogP contribution in [0.2, 0.25) is 0 Å². The molecule has 0 aromatic carbocycles. The highest BCUT2D eigenvalue weighted by Crippen LogP contribution is 2.20. The lowest BCUT2D eigenvalue weighted by atomic mass is 9.91. The highest BCUT2D eigenvalue weighted by molar-refractivity contribution is 5.59. The summed E-state index contributed by atoms with van der Waals surface area (Å²) in [4.78, 5) is 11.4. The Bertz CT molecular complexity index is 263. The first-order valence-electron chi connectivity index (χ1n) is 9.26. The molecule has 132 valence electrons. The summed E-state index contributed by atoms with van der Waals surface area (Å²) in [6.45, 7) is 11.6. The highest BCUT2D eigenvalue weighted by Gasteiger charge is 2.15. The van der Waals surface area contributed by atoms with Crippen molar-refractivity contribution in [1.82, 2.24) is 0 Å². The van der Waals surface area contributed by atoms with Gasteiger partial charge in [-0.05, 0) is 17.8 Å². The van der Waals surface area contributed by atoms with Crippen molar-refractivity contribution in [2.24, 2.45) is 17.8 Å². The average molecular weight is 315 g/mol. The average Bonchev–Trinajstić information content (AvgIpc) is 2.49. The molecule has 0 amide bonds. The Morgan fingerprint density at radius 1 is 0.773 bits per heavy atom. The maximum absolute atomic E-state index is 11.4.